The highest BCUT2D eigenvalue weighted by molar-refractivity contribution is 5.89. The molecule has 0 radical (unpaired) electrons. The quantitative estimate of drug-likeness (QED) is 0.729. The molecule has 0 fully saturated rings. The van der Waals surface area contributed by atoms with E-state index in [1.807, 2.05) is 24.3 Å². The Labute approximate surface area is 137 Å². The van der Waals surface area contributed by atoms with E-state index < -0.39 is 0 Å². The van der Waals surface area contributed by atoms with Crippen molar-refractivity contribution in [1.82, 2.24) is 0 Å². The average molecular weight is 306 g/mol. The minimum Gasteiger partial charge on any atom is -0.462 e. The Morgan fingerprint density at radius 2 is 1.61 bits per heavy atom. The first-order valence-corrected chi connectivity index (χ1v) is 8.08. The van der Waals surface area contributed by atoms with Gasteiger partial charge in [-0.2, -0.15) is 0 Å². The maximum absolute atomic E-state index is 12.0. The van der Waals surface area contributed by atoms with Crippen molar-refractivity contribution in [2.75, 3.05) is 6.61 Å². The largest absolute Gasteiger partial charge is 0.462 e. The summed E-state index contributed by atoms with van der Waals surface area (Å²) in [6.45, 7) is 4.93. The number of hydrogen-bond acceptors (Lipinski definition) is 2. The molecular formula is C21H22O2. The second kappa shape index (κ2) is 6.41. The molecule has 3 rings (SSSR count). The summed E-state index contributed by atoms with van der Waals surface area (Å²) in [6.07, 6.45) is 3.18. The van der Waals surface area contributed by atoms with E-state index in [1.54, 1.807) is 12.1 Å². The number of rotatable bonds is 5. The van der Waals surface area contributed by atoms with Crippen LogP contribution in [0.25, 0.3) is 5.57 Å². The lowest BCUT2D eigenvalue weighted by Gasteiger charge is -2.43. The van der Waals surface area contributed by atoms with Gasteiger partial charge in [-0.15, -0.1) is 0 Å². The molecule has 0 saturated heterocycles. The lowest BCUT2D eigenvalue weighted by atomic mass is 9.61. The van der Waals surface area contributed by atoms with Gasteiger partial charge in [-0.25, -0.2) is 4.79 Å². The number of benzene rings is 2. The molecule has 2 aromatic rings. The van der Waals surface area contributed by atoms with Gasteiger partial charge in [0.2, 0.25) is 0 Å². The number of ether oxygens (including phenoxy) is 1. The van der Waals surface area contributed by atoms with E-state index in [1.165, 1.54) is 11.1 Å². The number of carbonyl (C=O) groups is 1. The monoisotopic (exact) mass is 306 g/mol. The first-order valence-electron chi connectivity index (χ1n) is 8.08. The lowest BCUT2D eigenvalue weighted by molar-refractivity contribution is 0.0470. The van der Waals surface area contributed by atoms with E-state index in [2.05, 4.69) is 44.2 Å². The summed E-state index contributed by atoms with van der Waals surface area (Å²) < 4.78 is 5.45. The SMILES string of the molecule is CC1(C)C=C(c2ccccc2)C1CCOC(=O)c1ccccc1. The van der Waals surface area contributed by atoms with E-state index in [9.17, 15) is 4.79 Å². The van der Waals surface area contributed by atoms with E-state index in [4.69, 9.17) is 4.74 Å². The maximum Gasteiger partial charge on any atom is 0.338 e. The summed E-state index contributed by atoms with van der Waals surface area (Å²) in [5, 5.41) is 0. The molecular weight excluding hydrogens is 284 g/mol. The molecule has 0 N–H and O–H groups in total. The predicted molar refractivity (Wildman–Crippen MR) is 93.0 cm³/mol. The van der Waals surface area contributed by atoms with Gasteiger partial charge < -0.3 is 4.74 Å². The normalized spacial score (nSPS) is 18.7. The Kier molecular flexibility index (Phi) is 4.33. The van der Waals surface area contributed by atoms with Gasteiger partial charge in [0.1, 0.15) is 0 Å². The fraction of sp³-hybridized carbons (Fsp3) is 0.286. The van der Waals surface area contributed by atoms with Crippen LogP contribution in [0.2, 0.25) is 0 Å². The van der Waals surface area contributed by atoms with Crippen molar-refractivity contribution in [3.8, 4) is 0 Å². The van der Waals surface area contributed by atoms with Gasteiger partial charge >= 0.3 is 5.97 Å². The van der Waals surface area contributed by atoms with Crippen LogP contribution in [0, 0.1) is 11.3 Å². The fourth-order valence-electron chi connectivity index (χ4n) is 3.28. The van der Waals surface area contributed by atoms with Gasteiger partial charge in [-0.1, -0.05) is 68.5 Å². The van der Waals surface area contributed by atoms with Gasteiger partial charge in [0, 0.05) is 0 Å². The van der Waals surface area contributed by atoms with Gasteiger partial charge in [0.25, 0.3) is 0 Å². The molecule has 1 aliphatic carbocycles. The zero-order valence-corrected chi connectivity index (χ0v) is 13.7. The summed E-state index contributed by atoms with van der Waals surface area (Å²) in [4.78, 5) is 12.0. The van der Waals surface area contributed by atoms with Crippen LogP contribution in [0.15, 0.2) is 66.7 Å². The third-order valence-electron chi connectivity index (χ3n) is 4.56. The Balaban J connectivity index is 1.60. The fourth-order valence-corrected chi connectivity index (χ4v) is 3.28. The summed E-state index contributed by atoms with van der Waals surface area (Å²) >= 11 is 0. The Hall–Kier alpha value is -2.35. The van der Waals surface area contributed by atoms with Crippen LogP contribution in [-0.2, 0) is 4.74 Å². The molecule has 1 atom stereocenters. The molecule has 2 nitrogen and oxygen atoms in total. The molecule has 0 amide bonds. The van der Waals surface area contributed by atoms with Crippen molar-refractivity contribution < 1.29 is 9.53 Å². The van der Waals surface area contributed by atoms with E-state index in [0.717, 1.165) is 6.42 Å². The van der Waals surface area contributed by atoms with Crippen LogP contribution in [0.3, 0.4) is 0 Å². The zero-order valence-electron chi connectivity index (χ0n) is 13.7. The van der Waals surface area contributed by atoms with Crippen molar-refractivity contribution in [3.63, 3.8) is 0 Å². The average Bonchev–Trinajstić information content (AvgIpc) is 2.58. The minimum atomic E-state index is -0.243. The van der Waals surface area contributed by atoms with Crippen molar-refractivity contribution in [3.05, 3.63) is 77.9 Å². The molecule has 23 heavy (non-hydrogen) atoms. The molecule has 0 heterocycles. The number of carbonyl (C=O) groups excluding carboxylic acids is 1. The smallest absolute Gasteiger partial charge is 0.338 e. The highest BCUT2D eigenvalue weighted by Crippen LogP contribution is 2.50. The topological polar surface area (TPSA) is 26.3 Å². The number of allylic oxidation sites excluding steroid dienone is 2. The third-order valence-corrected chi connectivity index (χ3v) is 4.56. The summed E-state index contributed by atoms with van der Waals surface area (Å²) in [7, 11) is 0. The predicted octanol–water partition coefficient (Wildman–Crippen LogP) is 4.97. The molecule has 0 bridgehead atoms. The molecule has 1 aliphatic rings. The number of hydrogen-bond donors (Lipinski definition) is 0. The second-order valence-corrected chi connectivity index (χ2v) is 6.63. The third kappa shape index (κ3) is 3.37. The van der Waals surface area contributed by atoms with Crippen LogP contribution in [-0.4, -0.2) is 12.6 Å². The Morgan fingerprint density at radius 1 is 1.00 bits per heavy atom. The highest BCUT2D eigenvalue weighted by atomic mass is 16.5. The maximum atomic E-state index is 12.0. The van der Waals surface area contributed by atoms with Crippen LogP contribution < -0.4 is 0 Å². The Bertz CT molecular complexity index is 699. The molecule has 0 aromatic heterocycles. The standard InChI is InChI=1S/C21H22O2/c1-21(2)15-18(16-9-5-3-6-10-16)19(21)13-14-23-20(22)17-11-7-4-8-12-17/h3-12,15,19H,13-14H2,1-2H3. The minimum absolute atomic E-state index is 0.157. The van der Waals surface area contributed by atoms with Crippen molar-refractivity contribution in [2.24, 2.45) is 11.3 Å². The van der Waals surface area contributed by atoms with Crippen molar-refractivity contribution in [1.29, 1.82) is 0 Å². The molecule has 2 aromatic carbocycles. The van der Waals surface area contributed by atoms with Crippen LogP contribution >= 0.6 is 0 Å². The second-order valence-electron chi connectivity index (χ2n) is 6.63. The van der Waals surface area contributed by atoms with Gasteiger partial charge in [-0.3, -0.25) is 0 Å². The zero-order chi connectivity index (χ0) is 16.3. The van der Waals surface area contributed by atoms with Crippen LogP contribution in [0.1, 0.15) is 36.2 Å². The van der Waals surface area contributed by atoms with Gasteiger partial charge in [-0.05, 0) is 41.0 Å². The summed E-state index contributed by atoms with van der Waals surface area (Å²) in [6, 6.07) is 19.6. The molecule has 2 heteroatoms. The van der Waals surface area contributed by atoms with Crippen LogP contribution in [0.4, 0.5) is 0 Å². The van der Waals surface area contributed by atoms with Crippen LogP contribution in [0.5, 0.6) is 0 Å². The molecule has 1 unspecified atom stereocenters. The van der Waals surface area contributed by atoms with Gasteiger partial charge in [0.05, 0.1) is 12.2 Å². The van der Waals surface area contributed by atoms with Crippen molar-refractivity contribution in [2.45, 2.75) is 20.3 Å². The molecule has 0 saturated carbocycles. The Morgan fingerprint density at radius 3 is 2.22 bits per heavy atom. The lowest BCUT2D eigenvalue weighted by Crippen LogP contribution is -2.33. The van der Waals surface area contributed by atoms with E-state index in [0.29, 0.717) is 18.1 Å². The summed E-state index contributed by atoms with van der Waals surface area (Å²) in [5.41, 5.74) is 3.40. The van der Waals surface area contributed by atoms with E-state index >= 15 is 0 Å². The molecule has 0 spiro atoms. The van der Waals surface area contributed by atoms with Crippen molar-refractivity contribution >= 4 is 11.5 Å². The molecule has 0 aliphatic heterocycles. The summed E-state index contributed by atoms with van der Waals surface area (Å²) in [5.74, 6) is 0.182. The highest BCUT2D eigenvalue weighted by Gasteiger charge is 2.39. The number of esters is 1. The first kappa shape index (κ1) is 15.5. The molecule has 118 valence electrons. The van der Waals surface area contributed by atoms with Gasteiger partial charge in [0.15, 0.2) is 0 Å². The first-order chi connectivity index (χ1) is 11.1. The van der Waals surface area contributed by atoms with E-state index in [-0.39, 0.29) is 11.4 Å².